The van der Waals surface area contributed by atoms with Crippen LogP contribution in [0.3, 0.4) is 0 Å². The van der Waals surface area contributed by atoms with Crippen molar-refractivity contribution < 1.29 is 9.53 Å². The summed E-state index contributed by atoms with van der Waals surface area (Å²) in [5.74, 6) is 1.20. The van der Waals surface area contributed by atoms with Gasteiger partial charge in [0.15, 0.2) is 0 Å². The van der Waals surface area contributed by atoms with Crippen molar-refractivity contribution in [2.24, 2.45) is 0 Å². The molecular formula is C17H24N2O2S. The molecule has 0 aromatic heterocycles. The number of hydrogen-bond acceptors (Lipinski definition) is 4. The van der Waals surface area contributed by atoms with Gasteiger partial charge in [-0.1, -0.05) is 30.3 Å². The first-order valence-corrected chi connectivity index (χ1v) is 9.13. The standard InChI is InChI=1S/C17H24N2O2S/c20-17(18-11-15-7-4-9-21-15)13-19-8-10-22-16(12-19)14-5-2-1-3-6-14/h1-3,5-6,15-16H,4,7-13H2,(H,18,20)/t15-,16+/m0/s1. The Labute approximate surface area is 136 Å². The maximum atomic E-state index is 12.1. The molecule has 1 aromatic carbocycles. The number of nitrogens with zero attached hydrogens (tertiary/aromatic N) is 1. The molecule has 0 bridgehead atoms. The van der Waals surface area contributed by atoms with Crippen molar-refractivity contribution in [3.8, 4) is 0 Å². The average molecular weight is 320 g/mol. The van der Waals surface area contributed by atoms with E-state index >= 15 is 0 Å². The lowest BCUT2D eigenvalue weighted by Gasteiger charge is -2.32. The van der Waals surface area contributed by atoms with Crippen LogP contribution in [0.5, 0.6) is 0 Å². The van der Waals surface area contributed by atoms with E-state index in [0.717, 1.165) is 38.3 Å². The van der Waals surface area contributed by atoms with Gasteiger partial charge in [0.05, 0.1) is 12.6 Å². The van der Waals surface area contributed by atoms with Crippen molar-refractivity contribution in [2.75, 3.05) is 38.5 Å². The van der Waals surface area contributed by atoms with Gasteiger partial charge in [0.1, 0.15) is 0 Å². The maximum absolute atomic E-state index is 12.1. The lowest BCUT2D eigenvalue weighted by Crippen LogP contribution is -2.43. The van der Waals surface area contributed by atoms with Crippen molar-refractivity contribution in [2.45, 2.75) is 24.2 Å². The van der Waals surface area contributed by atoms with Crippen molar-refractivity contribution in [3.05, 3.63) is 35.9 Å². The number of thioether (sulfide) groups is 1. The average Bonchev–Trinajstić information content (AvgIpc) is 3.08. The second-order valence-electron chi connectivity index (χ2n) is 5.94. The van der Waals surface area contributed by atoms with Crippen molar-refractivity contribution >= 4 is 17.7 Å². The van der Waals surface area contributed by atoms with Crippen molar-refractivity contribution in [3.63, 3.8) is 0 Å². The van der Waals surface area contributed by atoms with Gasteiger partial charge >= 0.3 is 0 Å². The second kappa shape index (κ2) is 7.99. The highest BCUT2D eigenvalue weighted by molar-refractivity contribution is 7.99. The Morgan fingerprint density at radius 1 is 1.36 bits per heavy atom. The third kappa shape index (κ3) is 4.48. The Kier molecular flexibility index (Phi) is 5.76. The normalized spacial score (nSPS) is 26.0. The Hall–Kier alpha value is -1.04. The first-order chi connectivity index (χ1) is 10.8. The number of ether oxygens (including phenoxy) is 1. The Bertz CT molecular complexity index is 477. The predicted molar refractivity (Wildman–Crippen MR) is 90.1 cm³/mol. The molecule has 5 heteroatoms. The molecule has 4 nitrogen and oxygen atoms in total. The number of benzene rings is 1. The molecule has 0 spiro atoms. The number of rotatable bonds is 5. The van der Waals surface area contributed by atoms with E-state index in [9.17, 15) is 4.79 Å². The SMILES string of the molecule is O=C(CN1CCS[C@@H](c2ccccc2)C1)NC[C@@H]1CCCO1. The van der Waals surface area contributed by atoms with Crippen molar-refractivity contribution in [1.29, 1.82) is 0 Å². The third-order valence-corrected chi connectivity index (χ3v) is 5.48. The summed E-state index contributed by atoms with van der Waals surface area (Å²) in [5, 5.41) is 3.49. The molecule has 2 atom stereocenters. The molecule has 120 valence electrons. The van der Waals surface area contributed by atoms with E-state index in [1.54, 1.807) is 0 Å². The van der Waals surface area contributed by atoms with Crippen LogP contribution in [-0.4, -0.2) is 55.4 Å². The second-order valence-corrected chi connectivity index (χ2v) is 7.25. The topological polar surface area (TPSA) is 41.6 Å². The van der Waals surface area contributed by atoms with Gasteiger partial charge in [-0.2, -0.15) is 11.8 Å². The summed E-state index contributed by atoms with van der Waals surface area (Å²) in [6.45, 7) is 3.92. The van der Waals surface area contributed by atoms with Crippen LogP contribution >= 0.6 is 11.8 Å². The van der Waals surface area contributed by atoms with Gasteiger partial charge in [0.2, 0.25) is 5.91 Å². The van der Waals surface area contributed by atoms with Crippen LogP contribution in [0.4, 0.5) is 0 Å². The Morgan fingerprint density at radius 3 is 3.00 bits per heavy atom. The molecular weight excluding hydrogens is 296 g/mol. The van der Waals surface area contributed by atoms with E-state index in [-0.39, 0.29) is 12.0 Å². The fraction of sp³-hybridized carbons (Fsp3) is 0.588. The highest BCUT2D eigenvalue weighted by atomic mass is 32.2. The Balaban J connectivity index is 1.44. The fourth-order valence-electron chi connectivity index (χ4n) is 3.01. The minimum absolute atomic E-state index is 0.120. The molecule has 0 radical (unpaired) electrons. The molecule has 2 aliphatic heterocycles. The molecule has 2 saturated heterocycles. The molecule has 2 aliphatic rings. The van der Waals surface area contributed by atoms with E-state index in [1.165, 1.54) is 5.56 Å². The summed E-state index contributed by atoms with van der Waals surface area (Å²) in [6, 6.07) is 10.6. The molecule has 1 amide bonds. The molecule has 0 unspecified atom stereocenters. The minimum Gasteiger partial charge on any atom is -0.376 e. The van der Waals surface area contributed by atoms with Crippen LogP contribution in [0.2, 0.25) is 0 Å². The first kappa shape index (κ1) is 15.8. The van der Waals surface area contributed by atoms with E-state index in [2.05, 4.69) is 34.5 Å². The largest absolute Gasteiger partial charge is 0.376 e. The molecule has 3 rings (SSSR count). The quantitative estimate of drug-likeness (QED) is 0.902. The van der Waals surface area contributed by atoms with Crippen LogP contribution < -0.4 is 5.32 Å². The summed E-state index contributed by atoms with van der Waals surface area (Å²) >= 11 is 1.99. The maximum Gasteiger partial charge on any atom is 0.234 e. The van der Waals surface area contributed by atoms with Crippen LogP contribution in [0.15, 0.2) is 30.3 Å². The van der Waals surface area contributed by atoms with Crippen LogP contribution in [-0.2, 0) is 9.53 Å². The zero-order valence-electron chi connectivity index (χ0n) is 12.9. The molecule has 1 aromatic rings. The molecule has 0 aliphatic carbocycles. The zero-order chi connectivity index (χ0) is 15.2. The van der Waals surface area contributed by atoms with Gasteiger partial charge in [-0.25, -0.2) is 0 Å². The Morgan fingerprint density at radius 2 is 2.23 bits per heavy atom. The van der Waals surface area contributed by atoms with E-state index in [0.29, 0.717) is 18.3 Å². The highest BCUT2D eigenvalue weighted by Crippen LogP contribution is 2.32. The summed E-state index contributed by atoms with van der Waals surface area (Å²) in [6.07, 6.45) is 2.40. The zero-order valence-corrected chi connectivity index (χ0v) is 13.7. The first-order valence-electron chi connectivity index (χ1n) is 8.08. The third-order valence-electron chi connectivity index (χ3n) is 4.24. The van der Waals surface area contributed by atoms with Gasteiger partial charge in [-0.05, 0) is 18.4 Å². The number of carbonyl (C=O) groups is 1. The highest BCUT2D eigenvalue weighted by Gasteiger charge is 2.23. The number of nitrogens with one attached hydrogen (secondary N) is 1. The number of hydrogen-bond donors (Lipinski definition) is 1. The van der Waals surface area contributed by atoms with Crippen LogP contribution in [0, 0.1) is 0 Å². The van der Waals surface area contributed by atoms with Crippen LogP contribution in [0.25, 0.3) is 0 Å². The molecule has 2 fully saturated rings. The van der Waals surface area contributed by atoms with E-state index < -0.39 is 0 Å². The molecule has 0 saturated carbocycles. The van der Waals surface area contributed by atoms with Gasteiger partial charge < -0.3 is 10.1 Å². The summed E-state index contributed by atoms with van der Waals surface area (Å²) in [4.78, 5) is 14.4. The van der Waals surface area contributed by atoms with E-state index in [1.807, 2.05) is 17.8 Å². The predicted octanol–water partition coefficient (Wildman–Crippen LogP) is 2.07. The summed E-state index contributed by atoms with van der Waals surface area (Å²) in [7, 11) is 0. The monoisotopic (exact) mass is 320 g/mol. The lowest BCUT2D eigenvalue weighted by atomic mass is 10.1. The van der Waals surface area contributed by atoms with Crippen molar-refractivity contribution in [1.82, 2.24) is 10.2 Å². The van der Waals surface area contributed by atoms with E-state index in [4.69, 9.17) is 4.74 Å². The minimum atomic E-state index is 0.120. The molecule has 2 heterocycles. The van der Waals surface area contributed by atoms with Gasteiger partial charge in [0, 0.05) is 37.2 Å². The fourth-order valence-corrected chi connectivity index (χ4v) is 4.32. The smallest absolute Gasteiger partial charge is 0.234 e. The summed E-state index contributed by atoms with van der Waals surface area (Å²) in [5.41, 5.74) is 1.36. The number of amides is 1. The van der Waals surface area contributed by atoms with Crippen LogP contribution in [0.1, 0.15) is 23.7 Å². The van der Waals surface area contributed by atoms with Gasteiger partial charge in [0.25, 0.3) is 0 Å². The lowest BCUT2D eigenvalue weighted by molar-refractivity contribution is -0.122. The molecule has 1 N–H and O–H groups in total. The van der Waals surface area contributed by atoms with Gasteiger partial charge in [-0.15, -0.1) is 0 Å². The molecule has 22 heavy (non-hydrogen) atoms. The summed E-state index contributed by atoms with van der Waals surface area (Å²) < 4.78 is 5.54. The van der Waals surface area contributed by atoms with Gasteiger partial charge in [-0.3, -0.25) is 9.69 Å². The number of carbonyl (C=O) groups excluding carboxylic acids is 1.